The van der Waals surface area contributed by atoms with Crippen molar-refractivity contribution in [2.24, 2.45) is 5.73 Å². The Morgan fingerprint density at radius 1 is 0.739 bits per heavy atom. The maximum absolute atomic E-state index is 5.83. The predicted octanol–water partition coefficient (Wildman–Crippen LogP) is 0.842. The van der Waals surface area contributed by atoms with Gasteiger partial charge in [-0.3, -0.25) is 0 Å². The molecule has 0 aromatic rings. The normalized spacial score (nSPS) is 14.1. The third-order valence-corrected chi connectivity index (χ3v) is 3.16. The highest BCUT2D eigenvalue weighted by atomic mass is 16.6. The molecule has 2 unspecified atom stereocenters. The first-order valence-electron chi connectivity index (χ1n) is 8.31. The summed E-state index contributed by atoms with van der Waals surface area (Å²) in [6, 6.07) is 0. The second-order valence-electron chi connectivity index (χ2n) is 5.20. The fraction of sp³-hybridized carbons (Fsp3) is 1.00. The van der Waals surface area contributed by atoms with Crippen molar-refractivity contribution in [2.75, 3.05) is 73.6 Å². The molecule has 2 N–H and O–H groups in total. The van der Waals surface area contributed by atoms with E-state index in [2.05, 4.69) is 0 Å². The molecule has 0 aliphatic carbocycles. The van der Waals surface area contributed by atoms with Gasteiger partial charge < -0.3 is 34.2 Å². The summed E-state index contributed by atoms with van der Waals surface area (Å²) in [6.45, 7) is 7.27. The molecule has 0 bridgehead atoms. The van der Waals surface area contributed by atoms with Crippen LogP contribution in [0.2, 0.25) is 0 Å². The first kappa shape index (κ1) is 22.7. The van der Waals surface area contributed by atoms with E-state index in [0.717, 1.165) is 12.8 Å². The van der Waals surface area contributed by atoms with E-state index in [1.807, 2.05) is 6.92 Å². The molecule has 0 spiro atoms. The molecule has 0 aromatic carbocycles. The monoisotopic (exact) mass is 337 g/mol. The van der Waals surface area contributed by atoms with Gasteiger partial charge in [-0.2, -0.15) is 0 Å². The lowest BCUT2D eigenvalue weighted by atomic mass is 10.1. The average Bonchev–Trinajstić information content (AvgIpc) is 2.53. The number of hydrogen-bond acceptors (Lipinski definition) is 7. The number of ether oxygens (including phenoxy) is 6. The molecule has 0 rings (SSSR count). The van der Waals surface area contributed by atoms with Gasteiger partial charge in [0, 0.05) is 14.2 Å². The Morgan fingerprint density at radius 2 is 1.26 bits per heavy atom. The minimum atomic E-state index is 0.0964. The van der Waals surface area contributed by atoms with Gasteiger partial charge in [0.05, 0.1) is 65.1 Å². The van der Waals surface area contributed by atoms with Crippen LogP contribution in [-0.2, 0) is 28.4 Å². The molecule has 23 heavy (non-hydrogen) atoms. The van der Waals surface area contributed by atoms with Crippen molar-refractivity contribution < 1.29 is 28.4 Å². The molecular formula is C16H35NO6. The topological polar surface area (TPSA) is 81.4 Å². The molecule has 0 saturated carbocycles. The molecule has 140 valence electrons. The molecule has 0 aromatic heterocycles. The van der Waals surface area contributed by atoms with E-state index in [9.17, 15) is 0 Å². The van der Waals surface area contributed by atoms with E-state index in [-0.39, 0.29) is 12.2 Å². The van der Waals surface area contributed by atoms with Crippen LogP contribution >= 0.6 is 0 Å². The van der Waals surface area contributed by atoms with Crippen LogP contribution in [0.1, 0.15) is 19.8 Å². The van der Waals surface area contributed by atoms with Crippen LogP contribution in [0.3, 0.4) is 0 Å². The van der Waals surface area contributed by atoms with Gasteiger partial charge in [0.15, 0.2) is 0 Å². The summed E-state index contributed by atoms with van der Waals surface area (Å²) in [4.78, 5) is 0. The summed E-state index contributed by atoms with van der Waals surface area (Å²) in [7, 11) is 3.31. The van der Waals surface area contributed by atoms with E-state index >= 15 is 0 Å². The van der Waals surface area contributed by atoms with Crippen molar-refractivity contribution in [1.29, 1.82) is 0 Å². The SMILES string of the molecule is COCCOCCOCCOC(CCN)CC(C)OCCOC. The molecule has 7 heteroatoms. The van der Waals surface area contributed by atoms with Crippen LogP contribution in [-0.4, -0.2) is 85.8 Å². The van der Waals surface area contributed by atoms with Crippen LogP contribution in [0.25, 0.3) is 0 Å². The molecule has 0 heterocycles. The van der Waals surface area contributed by atoms with Gasteiger partial charge in [-0.1, -0.05) is 0 Å². The first-order valence-corrected chi connectivity index (χ1v) is 8.31. The van der Waals surface area contributed by atoms with Crippen LogP contribution in [0.5, 0.6) is 0 Å². The highest BCUT2D eigenvalue weighted by Crippen LogP contribution is 2.09. The lowest BCUT2D eigenvalue weighted by Gasteiger charge is -2.21. The Balaban J connectivity index is 3.59. The molecule has 0 fully saturated rings. The molecule has 7 nitrogen and oxygen atoms in total. The molecule has 2 atom stereocenters. The smallest absolute Gasteiger partial charge is 0.0704 e. The lowest BCUT2D eigenvalue weighted by Crippen LogP contribution is -2.26. The summed E-state index contributed by atoms with van der Waals surface area (Å²) in [5.41, 5.74) is 5.64. The summed E-state index contributed by atoms with van der Waals surface area (Å²) >= 11 is 0. The third kappa shape index (κ3) is 16.4. The van der Waals surface area contributed by atoms with Gasteiger partial charge in [0.1, 0.15) is 0 Å². The Morgan fingerprint density at radius 3 is 1.87 bits per heavy atom. The highest BCUT2D eigenvalue weighted by molar-refractivity contribution is 4.64. The van der Waals surface area contributed by atoms with E-state index in [1.54, 1.807) is 14.2 Å². The van der Waals surface area contributed by atoms with Crippen LogP contribution in [0.15, 0.2) is 0 Å². The number of nitrogens with two attached hydrogens (primary N) is 1. The second-order valence-corrected chi connectivity index (χ2v) is 5.20. The quantitative estimate of drug-likeness (QED) is 0.371. The number of methoxy groups -OCH3 is 2. The molecule has 0 aliphatic heterocycles. The van der Waals surface area contributed by atoms with Gasteiger partial charge in [-0.25, -0.2) is 0 Å². The predicted molar refractivity (Wildman–Crippen MR) is 88.8 cm³/mol. The zero-order valence-electron chi connectivity index (χ0n) is 15.0. The average molecular weight is 337 g/mol. The van der Waals surface area contributed by atoms with Crippen molar-refractivity contribution in [3.63, 3.8) is 0 Å². The van der Waals surface area contributed by atoms with Crippen LogP contribution in [0, 0.1) is 0 Å². The molecular weight excluding hydrogens is 302 g/mol. The van der Waals surface area contributed by atoms with Crippen LogP contribution < -0.4 is 5.73 Å². The first-order chi connectivity index (χ1) is 11.2. The highest BCUT2D eigenvalue weighted by Gasteiger charge is 2.13. The van der Waals surface area contributed by atoms with E-state index < -0.39 is 0 Å². The minimum Gasteiger partial charge on any atom is -0.382 e. The lowest BCUT2D eigenvalue weighted by molar-refractivity contribution is -0.0448. The van der Waals surface area contributed by atoms with Crippen molar-refractivity contribution in [1.82, 2.24) is 0 Å². The molecule has 0 aliphatic rings. The zero-order valence-corrected chi connectivity index (χ0v) is 15.0. The third-order valence-electron chi connectivity index (χ3n) is 3.16. The maximum Gasteiger partial charge on any atom is 0.0704 e. The summed E-state index contributed by atoms with van der Waals surface area (Å²) in [5, 5.41) is 0. The molecule has 0 radical (unpaired) electrons. The van der Waals surface area contributed by atoms with Crippen LogP contribution in [0.4, 0.5) is 0 Å². The fourth-order valence-corrected chi connectivity index (χ4v) is 1.96. The standard InChI is InChI=1S/C16H35NO6/c1-15(22-12-7-19-3)14-16(4-5-17)23-13-11-21-10-9-20-8-6-18-2/h15-16H,4-14,17H2,1-3H3. The van der Waals surface area contributed by atoms with E-state index in [4.69, 9.17) is 34.2 Å². The minimum absolute atomic E-state index is 0.0964. The maximum atomic E-state index is 5.83. The largest absolute Gasteiger partial charge is 0.382 e. The Kier molecular flexibility index (Phi) is 17.8. The number of hydrogen-bond donors (Lipinski definition) is 1. The van der Waals surface area contributed by atoms with Crippen molar-refractivity contribution in [2.45, 2.75) is 32.0 Å². The second kappa shape index (κ2) is 18.1. The zero-order chi connectivity index (χ0) is 17.2. The van der Waals surface area contributed by atoms with Gasteiger partial charge in [-0.15, -0.1) is 0 Å². The Hall–Kier alpha value is -0.280. The number of rotatable bonds is 18. The Labute approximate surface area is 140 Å². The van der Waals surface area contributed by atoms with Gasteiger partial charge in [0.2, 0.25) is 0 Å². The van der Waals surface area contributed by atoms with Crippen molar-refractivity contribution >= 4 is 0 Å². The summed E-state index contributed by atoms with van der Waals surface area (Å²) in [5.74, 6) is 0. The van der Waals surface area contributed by atoms with Gasteiger partial charge in [-0.05, 0) is 26.3 Å². The van der Waals surface area contributed by atoms with Gasteiger partial charge >= 0.3 is 0 Å². The Bertz CT molecular complexity index is 233. The molecule has 0 saturated heterocycles. The van der Waals surface area contributed by atoms with Crippen molar-refractivity contribution in [3.05, 3.63) is 0 Å². The molecule has 0 amide bonds. The van der Waals surface area contributed by atoms with Crippen molar-refractivity contribution in [3.8, 4) is 0 Å². The van der Waals surface area contributed by atoms with E-state index in [1.165, 1.54) is 0 Å². The van der Waals surface area contributed by atoms with Gasteiger partial charge in [0.25, 0.3) is 0 Å². The summed E-state index contributed by atoms with van der Waals surface area (Å²) < 4.78 is 32.1. The fourth-order valence-electron chi connectivity index (χ4n) is 1.96. The van der Waals surface area contributed by atoms with E-state index in [0.29, 0.717) is 59.4 Å². The summed E-state index contributed by atoms with van der Waals surface area (Å²) in [6.07, 6.45) is 1.86.